The van der Waals surface area contributed by atoms with Gasteiger partial charge < -0.3 is 24.8 Å². The third kappa shape index (κ3) is 10.3. The molecule has 4 aromatic carbocycles. The predicted octanol–water partition coefficient (Wildman–Crippen LogP) is 6.38. The monoisotopic (exact) mass is 748 g/mol. The van der Waals surface area contributed by atoms with Crippen molar-refractivity contribution >= 4 is 21.6 Å². The summed E-state index contributed by atoms with van der Waals surface area (Å²) in [7, 11) is -1.94. The summed E-state index contributed by atoms with van der Waals surface area (Å²) in [5.41, 5.74) is 5.74. The number of aliphatic hydroxyl groups excluding tert-OH is 1. The number of hydrogen-bond donors (Lipinski definition) is 3. The zero-order chi connectivity index (χ0) is 38.1. The number of aryl methyl sites for hydroxylation is 1. The average molecular weight is 749 g/mol. The number of ether oxygens (including phenoxy) is 2. The highest BCUT2D eigenvalue weighted by atomic mass is 32.2. The van der Waals surface area contributed by atoms with Crippen LogP contribution in [0, 0.1) is 12.8 Å². The maximum absolute atomic E-state index is 13.9. The van der Waals surface area contributed by atoms with Crippen molar-refractivity contribution in [3.63, 3.8) is 0 Å². The highest BCUT2D eigenvalue weighted by Gasteiger charge is 2.39. The molecule has 5 atom stereocenters. The first-order chi connectivity index (χ1) is 26.1. The molecule has 54 heavy (non-hydrogen) atoms. The zero-order valence-corrected chi connectivity index (χ0v) is 31.7. The van der Waals surface area contributed by atoms with Crippen LogP contribution < -0.4 is 10.0 Å². The van der Waals surface area contributed by atoms with Crippen LogP contribution in [-0.2, 0) is 43.7 Å². The van der Waals surface area contributed by atoms with E-state index in [-0.39, 0.29) is 36.0 Å². The lowest BCUT2D eigenvalue weighted by atomic mass is 9.90. The van der Waals surface area contributed by atoms with Crippen LogP contribution in [0.4, 0.5) is 5.69 Å². The van der Waals surface area contributed by atoms with Gasteiger partial charge in [-0.15, -0.1) is 0 Å². The third-order valence-corrected chi connectivity index (χ3v) is 11.2. The highest BCUT2D eigenvalue weighted by molar-refractivity contribution is 7.89. The molecule has 0 aliphatic carbocycles. The Hall–Kier alpha value is -4.75. The second-order valence-electron chi connectivity index (χ2n) is 13.9. The number of aromatic nitrogens is 1. The lowest BCUT2D eigenvalue weighted by molar-refractivity contribution is -0.275. The van der Waals surface area contributed by atoms with E-state index >= 15 is 0 Å². The van der Waals surface area contributed by atoms with Crippen LogP contribution in [-0.4, -0.2) is 61.6 Å². The number of nitrogens with zero attached hydrogens (tertiary/aromatic N) is 2. The van der Waals surface area contributed by atoms with Gasteiger partial charge in [-0.05, 0) is 73.5 Å². The molecule has 282 valence electrons. The first-order valence-electron chi connectivity index (χ1n) is 18.2. The summed E-state index contributed by atoms with van der Waals surface area (Å²) >= 11 is 0. The van der Waals surface area contributed by atoms with E-state index in [0.29, 0.717) is 17.8 Å². The number of benzene rings is 4. The largest absolute Gasteiger partial charge is 0.392 e. The summed E-state index contributed by atoms with van der Waals surface area (Å²) in [6.07, 6.45) is 1.49. The SMILES string of the molecule is Cc1ccc(S(=O)(=O)NC(Cc2ccccc2)C(=O)Nc2cccc(C3OC(CN(C)CCc4ccccn4)C(C)C(c4ccc(CO)cc4)O3)c2)cc1. The van der Waals surface area contributed by atoms with Crippen molar-refractivity contribution < 1.29 is 27.8 Å². The summed E-state index contributed by atoms with van der Waals surface area (Å²) in [5.74, 6) is -0.512. The lowest BCUT2D eigenvalue weighted by Gasteiger charge is -2.42. The molecule has 10 nitrogen and oxygen atoms in total. The van der Waals surface area contributed by atoms with E-state index in [0.717, 1.165) is 40.9 Å². The van der Waals surface area contributed by atoms with Crippen LogP contribution in [0.15, 0.2) is 132 Å². The van der Waals surface area contributed by atoms with Crippen LogP contribution in [0.2, 0.25) is 0 Å². The number of nitrogens with one attached hydrogen (secondary N) is 2. The minimum Gasteiger partial charge on any atom is -0.392 e. The van der Waals surface area contributed by atoms with E-state index < -0.39 is 28.3 Å². The van der Waals surface area contributed by atoms with Gasteiger partial charge in [0.15, 0.2) is 6.29 Å². The second kappa shape index (κ2) is 18.1. The molecular weight excluding hydrogens is 701 g/mol. The molecule has 3 N–H and O–H groups in total. The predicted molar refractivity (Wildman–Crippen MR) is 209 cm³/mol. The standard InChI is InChI=1S/C43H48N4O6S/c1-30-15-21-38(22-16-30)54(50,51)46-39(26-32-10-5-4-6-11-32)42(49)45-37-14-9-12-35(27-37)43-52-40(28-47(3)25-23-36-13-7-8-24-44-36)31(2)41(53-43)34-19-17-33(29-48)18-20-34/h4-22,24,27,31,39-41,43,46,48H,23,25-26,28-29H2,1-3H3,(H,45,49). The average Bonchev–Trinajstić information content (AvgIpc) is 3.18. The smallest absolute Gasteiger partial charge is 0.242 e. The van der Waals surface area contributed by atoms with Gasteiger partial charge in [0.05, 0.1) is 23.7 Å². The Morgan fingerprint density at radius 1 is 0.870 bits per heavy atom. The molecule has 1 aromatic heterocycles. The highest BCUT2D eigenvalue weighted by Crippen LogP contribution is 2.42. The van der Waals surface area contributed by atoms with Crippen LogP contribution in [0.5, 0.6) is 0 Å². The molecule has 5 unspecified atom stereocenters. The number of carbonyl (C=O) groups excluding carboxylic acids is 1. The first-order valence-corrected chi connectivity index (χ1v) is 19.7. The van der Waals surface area contributed by atoms with Crippen molar-refractivity contribution in [1.29, 1.82) is 0 Å². The Labute approximate surface area is 318 Å². The Kier molecular flexibility index (Phi) is 13.0. The normalized spacial score (nSPS) is 19.4. The lowest BCUT2D eigenvalue weighted by Crippen LogP contribution is -2.45. The number of amides is 1. The summed E-state index contributed by atoms with van der Waals surface area (Å²) in [6, 6.07) is 35.7. The van der Waals surface area contributed by atoms with Crippen LogP contribution in [0.1, 0.15) is 52.8 Å². The van der Waals surface area contributed by atoms with Crippen molar-refractivity contribution in [3.8, 4) is 0 Å². The molecule has 6 rings (SSSR count). The Bertz CT molecular complexity index is 2070. The number of likely N-dealkylation sites (N-methyl/N-ethyl adjacent to an activating group) is 1. The summed E-state index contributed by atoms with van der Waals surface area (Å²) < 4.78 is 42.9. The molecule has 0 bridgehead atoms. The topological polar surface area (TPSA) is 130 Å². The zero-order valence-electron chi connectivity index (χ0n) is 30.8. The van der Waals surface area contributed by atoms with E-state index in [1.165, 1.54) is 12.1 Å². The minimum absolute atomic E-state index is 0.0123. The molecule has 0 spiro atoms. The molecule has 1 amide bonds. The first kappa shape index (κ1) is 39.0. The number of rotatable bonds is 15. The van der Waals surface area contributed by atoms with Gasteiger partial charge in [-0.25, -0.2) is 8.42 Å². The van der Waals surface area contributed by atoms with E-state index in [4.69, 9.17) is 9.47 Å². The van der Waals surface area contributed by atoms with Gasteiger partial charge in [-0.3, -0.25) is 9.78 Å². The Morgan fingerprint density at radius 2 is 1.61 bits per heavy atom. The van der Waals surface area contributed by atoms with Crippen LogP contribution in [0.3, 0.4) is 0 Å². The number of sulfonamides is 1. The van der Waals surface area contributed by atoms with Gasteiger partial charge in [0, 0.05) is 48.6 Å². The van der Waals surface area contributed by atoms with Gasteiger partial charge in [0.2, 0.25) is 15.9 Å². The molecule has 1 aliphatic rings. The van der Waals surface area contributed by atoms with E-state index in [1.54, 1.807) is 30.5 Å². The van der Waals surface area contributed by atoms with Crippen molar-refractivity contribution in [1.82, 2.24) is 14.6 Å². The van der Waals surface area contributed by atoms with Gasteiger partial charge in [0.25, 0.3) is 0 Å². The summed E-state index contributed by atoms with van der Waals surface area (Å²) in [6.45, 7) is 5.41. The van der Waals surface area contributed by atoms with Gasteiger partial charge in [0.1, 0.15) is 6.04 Å². The molecule has 0 saturated carbocycles. The molecule has 5 aromatic rings. The Morgan fingerprint density at radius 3 is 2.31 bits per heavy atom. The van der Waals surface area contributed by atoms with Crippen molar-refractivity contribution in [3.05, 3.63) is 161 Å². The molecule has 11 heteroatoms. The van der Waals surface area contributed by atoms with Gasteiger partial charge in [-0.1, -0.05) is 97.4 Å². The molecule has 1 fully saturated rings. The van der Waals surface area contributed by atoms with Crippen LogP contribution >= 0.6 is 0 Å². The van der Waals surface area contributed by atoms with E-state index in [2.05, 4.69) is 33.9 Å². The number of pyridine rings is 1. The van der Waals surface area contributed by atoms with Crippen molar-refractivity contribution in [2.24, 2.45) is 5.92 Å². The quantitative estimate of drug-likeness (QED) is 0.113. The van der Waals surface area contributed by atoms with E-state index in [9.17, 15) is 18.3 Å². The van der Waals surface area contributed by atoms with E-state index in [1.807, 2.05) is 91.9 Å². The molecule has 0 radical (unpaired) electrons. The van der Waals surface area contributed by atoms with Crippen molar-refractivity contribution in [2.45, 2.75) is 62.7 Å². The Balaban J connectivity index is 1.22. The number of anilines is 1. The minimum atomic E-state index is -4.01. The fourth-order valence-electron chi connectivity index (χ4n) is 6.58. The third-order valence-electron chi connectivity index (χ3n) is 9.74. The maximum atomic E-state index is 13.9. The molecular formula is C43H48N4O6S. The molecule has 2 heterocycles. The van der Waals surface area contributed by atoms with Gasteiger partial charge in [-0.2, -0.15) is 4.72 Å². The molecule has 1 saturated heterocycles. The summed E-state index contributed by atoms with van der Waals surface area (Å²) in [5, 5.41) is 12.6. The molecule has 1 aliphatic heterocycles. The fourth-order valence-corrected chi connectivity index (χ4v) is 7.78. The number of aliphatic hydroxyl groups is 1. The second-order valence-corrected chi connectivity index (χ2v) is 15.7. The number of carbonyl (C=O) groups is 1. The van der Waals surface area contributed by atoms with Gasteiger partial charge >= 0.3 is 0 Å². The fraction of sp³-hybridized carbons (Fsp3) is 0.302. The number of hydrogen-bond acceptors (Lipinski definition) is 8. The van der Waals surface area contributed by atoms with Crippen molar-refractivity contribution in [2.75, 3.05) is 25.5 Å². The summed E-state index contributed by atoms with van der Waals surface area (Å²) in [4.78, 5) is 20.7. The maximum Gasteiger partial charge on any atom is 0.242 e. The van der Waals surface area contributed by atoms with Crippen LogP contribution in [0.25, 0.3) is 0 Å².